The molecule has 0 aliphatic heterocycles. The Kier molecular flexibility index (Phi) is 5.53. The molecule has 0 saturated carbocycles. The molecule has 2 N–H and O–H groups in total. The van der Waals surface area contributed by atoms with Gasteiger partial charge in [0, 0.05) is 18.8 Å². The Morgan fingerprint density at radius 1 is 1.12 bits per heavy atom. The van der Waals surface area contributed by atoms with Crippen molar-refractivity contribution in [1.29, 1.82) is 0 Å². The van der Waals surface area contributed by atoms with Gasteiger partial charge in [-0.2, -0.15) is 13.2 Å². The first kappa shape index (κ1) is 19.3. The molecule has 0 bridgehead atoms. The number of nitrogens with one attached hydrogen (secondary N) is 2. The van der Waals surface area contributed by atoms with Crippen LogP contribution in [0.1, 0.15) is 22.7 Å². The largest absolute Gasteiger partial charge is 0.416 e. The third kappa shape index (κ3) is 4.13. The Balaban J connectivity index is 2.62. The summed E-state index contributed by atoms with van der Waals surface area (Å²) in [7, 11) is 1.18. The first-order valence-electron chi connectivity index (χ1n) is 7.14. The fourth-order valence-corrected chi connectivity index (χ4v) is 2.23. The molecule has 2 aromatic rings. The third-order valence-electron chi connectivity index (χ3n) is 3.42. The summed E-state index contributed by atoms with van der Waals surface area (Å²) in [6.45, 7) is 0. The first-order valence-corrected chi connectivity index (χ1v) is 7.14. The highest BCUT2D eigenvalue weighted by molar-refractivity contribution is 5.99. The van der Waals surface area contributed by atoms with Crippen molar-refractivity contribution in [2.24, 2.45) is 0 Å². The molecule has 138 valence electrons. The van der Waals surface area contributed by atoms with E-state index in [2.05, 4.69) is 10.3 Å². The average molecular weight is 373 g/mol. The molecule has 26 heavy (non-hydrogen) atoms. The number of halogens is 5. The monoisotopic (exact) mass is 373 g/mol. The minimum atomic E-state index is -4.76. The van der Waals surface area contributed by atoms with Gasteiger partial charge in [0.2, 0.25) is 5.91 Å². The third-order valence-corrected chi connectivity index (χ3v) is 3.42. The predicted molar refractivity (Wildman–Crippen MR) is 80.0 cm³/mol. The molecule has 5 nitrogen and oxygen atoms in total. The first-order chi connectivity index (χ1) is 12.1. The second-order valence-electron chi connectivity index (χ2n) is 5.10. The Hall–Kier alpha value is -3.04. The van der Waals surface area contributed by atoms with Crippen molar-refractivity contribution in [1.82, 2.24) is 15.6 Å². The Morgan fingerprint density at radius 3 is 2.27 bits per heavy atom. The van der Waals surface area contributed by atoms with Crippen LogP contribution in [0, 0.1) is 11.6 Å². The van der Waals surface area contributed by atoms with Gasteiger partial charge >= 0.3 is 12.2 Å². The molecule has 1 aromatic heterocycles. The van der Waals surface area contributed by atoms with Gasteiger partial charge in [-0.05, 0) is 24.3 Å². The summed E-state index contributed by atoms with van der Waals surface area (Å²) in [5, 5.41) is 3.86. The molecule has 1 unspecified atom stereocenters. The number of urea groups is 1. The molecule has 0 fully saturated rings. The number of hydrogen-bond acceptors (Lipinski definition) is 3. The lowest BCUT2D eigenvalue weighted by Gasteiger charge is -2.18. The molecule has 0 radical (unpaired) electrons. The maximum Gasteiger partial charge on any atom is 0.416 e. The zero-order chi connectivity index (χ0) is 19.5. The van der Waals surface area contributed by atoms with E-state index in [1.807, 2.05) is 0 Å². The van der Waals surface area contributed by atoms with Crippen molar-refractivity contribution < 1.29 is 31.5 Å². The van der Waals surface area contributed by atoms with Crippen LogP contribution < -0.4 is 10.6 Å². The molecule has 0 aliphatic carbocycles. The summed E-state index contributed by atoms with van der Waals surface area (Å²) < 4.78 is 67.0. The number of alkyl halides is 3. The van der Waals surface area contributed by atoms with Gasteiger partial charge < -0.3 is 5.32 Å². The van der Waals surface area contributed by atoms with E-state index in [0.717, 1.165) is 24.4 Å². The Bertz CT molecular complexity index is 819. The fourth-order valence-electron chi connectivity index (χ4n) is 2.23. The second-order valence-corrected chi connectivity index (χ2v) is 5.10. The van der Waals surface area contributed by atoms with Crippen molar-refractivity contribution in [3.05, 3.63) is 65.0 Å². The molecule has 3 amide bonds. The van der Waals surface area contributed by atoms with Crippen molar-refractivity contribution in [3.8, 4) is 0 Å². The molecule has 10 heteroatoms. The van der Waals surface area contributed by atoms with Gasteiger partial charge in [0.05, 0.1) is 11.3 Å². The quantitative estimate of drug-likeness (QED) is 0.813. The molecular weight excluding hydrogens is 361 g/mol. The summed E-state index contributed by atoms with van der Waals surface area (Å²) >= 11 is 0. The lowest BCUT2D eigenvalue weighted by atomic mass is 9.92. The van der Waals surface area contributed by atoms with Crippen LogP contribution in [0.4, 0.5) is 26.7 Å². The van der Waals surface area contributed by atoms with E-state index in [1.54, 1.807) is 5.32 Å². The van der Waals surface area contributed by atoms with E-state index < -0.39 is 52.5 Å². The van der Waals surface area contributed by atoms with Crippen LogP contribution >= 0.6 is 0 Å². The molecular formula is C16H12F5N3O2. The number of imide groups is 1. The summed E-state index contributed by atoms with van der Waals surface area (Å²) in [4.78, 5) is 27.3. The van der Waals surface area contributed by atoms with E-state index in [0.29, 0.717) is 12.1 Å². The van der Waals surface area contributed by atoms with Crippen molar-refractivity contribution in [2.75, 3.05) is 7.05 Å². The van der Waals surface area contributed by atoms with E-state index in [4.69, 9.17) is 0 Å². The van der Waals surface area contributed by atoms with Gasteiger partial charge in [-0.15, -0.1) is 0 Å². The zero-order valence-corrected chi connectivity index (χ0v) is 13.2. The lowest BCUT2D eigenvalue weighted by Crippen LogP contribution is -2.41. The van der Waals surface area contributed by atoms with Gasteiger partial charge in [-0.1, -0.05) is 6.07 Å². The number of pyridine rings is 1. The Morgan fingerprint density at radius 2 is 1.73 bits per heavy atom. The van der Waals surface area contributed by atoms with Crippen LogP contribution in [-0.4, -0.2) is 24.0 Å². The number of aromatic nitrogens is 1. The SMILES string of the molecule is CNC(=O)NC(=O)C(c1cc(C(F)(F)F)ccn1)c1c(F)cccc1F. The fraction of sp³-hybridized carbons (Fsp3) is 0.188. The van der Waals surface area contributed by atoms with Crippen LogP contribution in [0.15, 0.2) is 36.5 Å². The highest BCUT2D eigenvalue weighted by Gasteiger charge is 2.35. The van der Waals surface area contributed by atoms with Gasteiger partial charge in [0.1, 0.15) is 17.6 Å². The standard InChI is InChI=1S/C16H12F5N3O2/c1-22-15(26)24-14(25)13(12-9(17)3-2-4-10(12)18)11-7-8(5-6-23-11)16(19,20)21/h2-7,13H,1H3,(H2,22,24,25,26). The number of hydrogen-bond donors (Lipinski definition) is 2. The Labute approximate surface area is 144 Å². The maximum absolute atomic E-state index is 14.1. The van der Waals surface area contributed by atoms with Gasteiger partial charge in [0.15, 0.2) is 0 Å². The smallest absolute Gasteiger partial charge is 0.341 e. The van der Waals surface area contributed by atoms with Gasteiger partial charge in [0.25, 0.3) is 0 Å². The van der Waals surface area contributed by atoms with E-state index >= 15 is 0 Å². The summed E-state index contributed by atoms with van der Waals surface area (Å²) in [5.41, 5.74) is -2.54. The maximum atomic E-state index is 14.1. The summed E-state index contributed by atoms with van der Waals surface area (Å²) in [6.07, 6.45) is -4.00. The molecule has 1 aromatic carbocycles. The molecule has 0 spiro atoms. The van der Waals surface area contributed by atoms with Crippen molar-refractivity contribution in [3.63, 3.8) is 0 Å². The molecule has 1 atom stereocenters. The van der Waals surface area contributed by atoms with Crippen LogP contribution in [0.3, 0.4) is 0 Å². The summed E-state index contributed by atoms with van der Waals surface area (Å²) in [5.74, 6) is -5.47. The van der Waals surface area contributed by atoms with Crippen LogP contribution in [-0.2, 0) is 11.0 Å². The van der Waals surface area contributed by atoms with Crippen molar-refractivity contribution >= 4 is 11.9 Å². The number of amides is 3. The van der Waals surface area contributed by atoms with Crippen LogP contribution in [0.2, 0.25) is 0 Å². The van der Waals surface area contributed by atoms with E-state index in [9.17, 15) is 31.5 Å². The molecule has 0 saturated heterocycles. The van der Waals surface area contributed by atoms with Gasteiger partial charge in [-0.3, -0.25) is 15.1 Å². The normalized spacial score (nSPS) is 12.4. The highest BCUT2D eigenvalue weighted by Crippen LogP contribution is 2.33. The molecule has 1 heterocycles. The number of benzene rings is 1. The summed E-state index contributed by atoms with van der Waals surface area (Å²) in [6, 6.07) is 2.86. The van der Waals surface area contributed by atoms with E-state index in [-0.39, 0.29) is 0 Å². The number of rotatable bonds is 3. The second kappa shape index (κ2) is 7.46. The van der Waals surface area contributed by atoms with Crippen LogP contribution in [0.5, 0.6) is 0 Å². The zero-order valence-electron chi connectivity index (χ0n) is 13.2. The topological polar surface area (TPSA) is 71.1 Å². The number of carbonyl (C=O) groups excluding carboxylic acids is 2. The highest BCUT2D eigenvalue weighted by atomic mass is 19.4. The number of carbonyl (C=O) groups is 2. The average Bonchev–Trinajstić information content (AvgIpc) is 2.57. The number of nitrogens with zero attached hydrogens (tertiary/aromatic N) is 1. The predicted octanol–water partition coefficient (Wildman–Crippen LogP) is 2.97. The molecule has 0 aliphatic rings. The van der Waals surface area contributed by atoms with E-state index in [1.165, 1.54) is 7.05 Å². The van der Waals surface area contributed by atoms with Gasteiger partial charge in [-0.25, -0.2) is 13.6 Å². The van der Waals surface area contributed by atoms with Crippen molar-refractivity contribution in [2.45, 2.75) is 12.1 Å². The van der Waals surface area contributed by atoms with Crippen LogP contribution in [0.25, 0.3) is 0 Å². The minimum absolute atomic E-state index is 0.500. The molecule has 2 rings (SSSR count). The lowest BCUT2D eigenvalue weighted by molar-refractivity contribution is -0.137. The minimum Gasteiger partial charge on any atom is -0.341 e.